The molecule has 1 heterocycles. The van der Waals surface area contributed by atoms with Crippen molar-refractivity contribution in [3.63, 3.8) is 0 Å². The first-order valence-corrected chi connectivity index (χ1v) is 13.9. The van der Waals surface area contributed by atoms with Gasteiger partial charge in [-0.25, -0.2) is 4.89 Å². The first-order chi connectivity index (χ1) is 13.3. The van der Waals surface area contributed by atoms with Crippen molar-refractivity contribution >= 4 is 8.32 Å². The summed E-state index contributed by atoms with van der Waals surface area (Å²) in [6, 6.07) is 8.31. The number of hydrogen-bond donors (Lipinski definition) is 0. The Labute approximate surface area is 177 Å². The molecule has 2 saturated carbocycles. The summed E-state index contributed by atoms with van der Waals surface area (Å²) in [5.74, 6) is 0.604. The number of methoxy groups -OCH3 is 1. The average molecular weight is 419 g/mol. The van der Waals surface area contributed by atoms with Crippen molar-refractivity contribution in [3.05, 3.63) is 29.8 Å². The lowest BCUT2D eigenvalue weighted by Crippen LogP contribution is -2.76. The van der Waals surface area contributed by atoms with E-state index in [0.717, 1.165) is 24.2 Å². The maximum atomic E-state index is 6.59. The zero-order valence-corrected chi connectivity index (χ0v) is 20.6. The fraction of sp³-hybridized carbons (Fsp3) is 0.750. The van der Waals surface area contributed by atoms with Crippen LogP contribution in [0.5, 0.6) is 5.75 Å². The minimum Gasteiger partial charge on any atom is -0.543 e. The van der Waals surface area contributed by atoms with Crippen LogP contribution < -0.4 is 4.43 Å². The van der Waals surface area contributed by atoms with Crippen LogP contribution in [-0.2, 0) is 20.3 Å². The largest absolute Gasteiger partial charge is 0.543 e. The minimum atomic E-state index is -1.94. The minimum absolute atomic E-state index is 0.0335. The lowest BCUT2D eigenvalue weighted by Gasteiger charge is -2.65. The van der Waals surface area contributed by atoms with Crippen LogP contribution >= 0.6 is 0 Å². The Bertz CT molecular complexity index is 803. The van der Waals surface area contributed by atoms with Crippen molar-refractivity contribution in [3.8, 4) is 5.75 Å². The van der Waals surface area contributed by atoms with Gasteiger partial charge in [0.25, 0.3) is 5.79 Å². The maximum Gasteiger partial charge on any atom is 0.261 e. The van der Waals surface area contributed by atoms with E-state index in [0.29, 0.717) is 5.92 Å². The van der Waals surface area contributed by atoms with E-state index in [4.69, 9.17) is 18.9 Å². The van der Waals surface area contributed by atoms with Crippen molar-refractivity contribution in [2.75, 3.05) is 7.11 Å². The predicted octanol–water partition coefficient (Wildman–Crippen LogP) is 6.42. The van der Waals surface area contributed by atoms with E-state index in [-0.39, 0.29) is 15.9 Å². The lowest BCUT2D eigenvalue weighted by molar-refractivity contribution is -0.650. The Morgan fingerprint density at radius 1 is 1.10 bits per heavy atom. The molecule has 0 amide bonds. The molecule has 4 atom stereocenters. The van der Waals surface area contributed by atoms with Crippen molar-refractivity contribution in [2.24, 2.45) is 16.7 Å². The highest BCUT2D eigenvalue weighted by Crippen LogP contribution is 2.78. The zero-order valence-electron chi connectivity index (χ0n) is 19.6. The lowest BCUT2D eigenvalue weighted by atomic mass is 9.55. The van der Waals surface area contributed by atoms with Gasteiger partial charge in [-0.05, 0) is 55.4 Å². The van der Waals surface area contributed by atoms with Crippen LogP contribution in [-0.4, -0.2) is 21.0 Å². The quantitative estimate of drug-likeness (QED) is 0.418. The molecule has 0 aromatic heterocycles. The van der Waals surface area contributed by atoms with Gasteiger partial charge in [0.15, 0.2) is 5.60 Å². The number of ether oxygens (including phenoxy) is 1. The maximum absolute atomic E-state index is 6.59. The number of rotatable bonds is 4. The molecule has 0 N–H and O–H groups in total. The fourth-order valence-electron chi connectivity index (χ4n) is 6.23. The van der Waals surface area contributed by atoms with Crippen molar-refractivity contribution in [1.29, 1.82) is 0 Å². The first kappa shape index (κ1) is 21.4. The Kier molecular flexibility index (Phi) is 4.48. The van der Waals surface area contributed by atoms with Crippen molar-refractivity contribution in [1.82, 2.24) is 0 Å². The van der Waals surface area contributed by atoms with Gasteiger partial charge in [-0.15, -0.1) is 0 Å². The second-order valence-corrected chi connectivity index (χ2v) is 16.5. The van der Waals surface area contributed by atoms with Gasteiger partial charge in [-0.2, -0.15) is 4.89 Å². The summed E-state index contributed by atoms with van der Waals surface area (Å²) in [6.07, 6.45) is 3.56. The highest BCUT2D eigenvalue weighted by Gasteiger charge is 2.85. The van der Waals surface area contributed by atoms with Crippen molar-refractivity contribution < 1.29 is 18.9 Å². The predicted molar refractivity (Wildman–Crippen MR) is 117 cm³/mol. The van der Waals surface area contributed by atoms with Gasteiger partial charge in [0.05, 0.1) is 0 Å². The third-order valence-corrected chi connectivity index (χ3v) is 13.3. The number of hydrogen-bond acceptors (Lipinski definition) is 4. The molecule has 0 radical (unpaired) electrons. The van der Waals surface area contributed by atoms with Crippen molar-refractivity contribution in [2.45, 2.75) is 90.3 Å². The molecule has 162 valence electrons. The molecule has 1 saturated heterocycles. The van der Waals surface area contributed by atoms with Gasteiger partial charge in [0.2, 0.25) is 8.32 Å². The average Bonchev–Trinajstić information content (AvgIpc) is 3.04. The molecular weight excluding hydrogens is 380 g/mol. The van der Waals surface area contributed by atoms with Crippen LogP contribution in [0.4, 0.5) is 0 Å². The molecule has 2 bridgehead atoms. The first-order valence-electron chi connectivity index (χ1n) is 11.0. The molecule has 1 spiro atoms. The van der Waals surface area contributed by atoms with Gasteiger partial charge >= 0.3 is 0 Å². The Hall–Kier alpha value is -0.883. The zero-order chi connectivity index (χ0) is 21.5. The molecule has 2 aliphatic carbocycles. The van der Waals surface area contributed by atoms with E-state index in [1.807, 2.05) is 6.07 Å². The third kappa shape index (κ3) is 2.48. The fourth-order valence-corrected chi connectivity index (χ4v) is 7.25. The van der Waals surface area contributed by atoms with Crippen LogP contribution in [0.15, 0.2) is 24.3 Å². The van der Waals surface area contributed by atoms with E-state index >= 15 is 0 Å². The van der Waals surface area contributed by atoms with Gasteiger partial charge in [0.1, 0.15) is 5.75 Å². The van der Waals surface area contributed by atoms with Gasteiger partial charge in [0, 0.05) is 23.5 Å². The van der Waals surface area contributed by atoms with E-state index in [2.05, 4.69) is 72.8 Å². The normalized spacial score (nSPS) is 38.3. The molecule has 1 aromatic carbocycles. The summed E-state index contributed by atoms with van der Waals surface area (Å²) in [4.78, 5) is 12.1. The molecule has 4 rings (SSSR count). The van der Waals surface area contributed by atoms with E-state index < -0.39 is 19.7 Å². The monoisotopic (exact) mass is 418 g/mol. The summed E-state index contributed by atoms with van der Waals surface area (Å²) in [7, 11) is -0.192. The summed E-state index contributed by atoms with van der Waals surface area (Å²) in [5, 5.41) is 0.138. The highest BCUT2D eigenvalue weighted by molar-refractivity contribution is 6.74. The van der Waals surface area contributed by atoms with E-state index in [1.165, 1.54) is 6.42 Å². The summed E-state index contributed by atoms with van der Waals surface area (Å²) < 4.78 is 12.8. The van der Waals surface area contributed by atoms with E-state index in [9.17, 15) is 0 Å². The number of fused-ring (bicyclic) bond motifs is 3. The molecule has 3 unspecified atom stereocenters. The smallest absolute Gasteiger partial charge is 0.261 e. The van der Waals surface area contributed by atoms with E-state index in [1.54, 1.807) is 7.11 Å². The van der Waals surface area contributed by atoms with Crippen LogP contribution in [0.3, 0.4) is 0 Å². The molecule has 29 heavy (non-hydrogen) atoms. The summed E-state index contributed by atoms with van der Waals surface area (Å²) in [5.41, 5.74) is 0.487. The van der Waals surface area contributed by atoms with Crippen LogP contribution in [0.2, 0.25) is 18.1 Å². The molecule has 3 aliphatic rings. The number of benzene rings is 1. The molecule has 1 aromatic rings. The summed E-state index contributed by atoms with van der Waals surface area (Å²) in [6.45, 7) is 18.3. The Balaban J connectivity index is 1.77. The molecule has 5 heteroatoms. The highest BCUT2D eigenvalue weighted by atomic mass is 28.4. The van der Waals surface area contributed by atoms with Crippen LogP contribution in [0.1, 0.15) is 66.4 Å². The Morgan fingerprint density at radius 3 is 2.28 bits per heavy atom. The Morgan fingerprint density at radius 2 is 1.79 bits per heavy atom. The molecule has 3 fully saturated rings. The standard InChI is InChI=1S/C24H38O4Si/c1-20(2,3)29(8,9)26-19-12-10-11-17(15-19)23(25-7)24(28-27-23)21(4,5)18-13-14-22(24,6)16-18/h10-12,15,18H,13-14,16H2,1-9H3/t18-,22?,23?,24?/m1/s1. The topological polar surface area (TPSA) is 36.9 Å². The summed E-state index contributed by atoms with van der Waals surface area (Å²) >= 11 is 0. The van der Waals surface area contributed by atoms with Gasteiger partial charge in [-0.3, -0.25) is 0 Å². The third-order valence-electron chi connectivity index (χ3n) is 8.95. The van der Waals surface area contributed by atoms with Gasteiger partial charge in [-0.1, -0.05) is 53.7 Å². The van der Waals surface area contributed by atoms with Crippen LogP contribution in [0.25, 0.3) is 0 Å². The SMILES string of the molecule is COC1(c2cccc(O[Si](C)(C)C(C)(C)C)c2)OOC12C1(C)CC[C@H](C1)C2(C)C. The second kappa shape index (κ2) is 6.09. The van der Waals surface area contributed by atoms with Crippen LogP contribution in [0, 0.1) is 16.7 Å². The molecular formula is C24H38O4Si. The molecule has 4 nitrogen and oxygen atoms in total. The molecule has 1 aliphatic heterocycles. The second-order valence-electron chi connectivity index (χ2n) is 11.8. The van der Waals surface area contributed by atoms with Gasteiger partial charge < -0.3 is 9.16 Å².